The van der Waals surface area contributed by atoms with Crippen LogP contribution in [0.1, 0.15) is 18.1 Å². The van der Waals surface area contributed by atoms with Gasteiger partial charge >= 0.3 is 5.97 Å². The number of carboxylic acids is 1. The van der Waals surface area contributed by atoms with Crippen molar-refractivity contribution in [1.29, 1.82) is 0 Å². The van der Waals surface area contributed by atoms with Crippen molar-refractivity contribution in [2.75, 3.05) is 4.90 Å². The van der Waals surface area contributed by atoms with Gasteiger partial charge in [-0.2, -0.15) is 0 Å². The van der Waals surface area contributed by atoms with E-state index in [9.17, 15) is 14.0 Å². The Labute approximate surface area is 162 Å². The molecule has 1 N–H and O–H groups in total. The van der Waals surface area contributed by atoms with Crippen LogP contribution < -0.4 is 4.90 Å². The van der Waals surface area contributed by atoms with Gasteiger partial charge in [0.1, 0.15) is 5.82 Å². The zero-order valence-corrected chi connectivity index (χ0v) is 16.2. The van der Waals surface area contributed by atoms with Crippen molar-refractivity contribution in [2.45, 2.75) is 24.8 Å². The number of carbonyl (C=O) groups is 2. The Balaban J connectivity index is 2.08. The number of aliphatic carboxylic acids is 1. The molecule has 0 unspecified atom stereocenters. The largest absolute Gasteiger partial charge is 0.478 e. The lowest BCUT2D eigenvalue weighted by atomic mass is 10.1. The van der Waals surface area contributed by atoms with E-state index in [0.717, 1.165) is 34.7 Å². The van der Waals surface area contributed by atoms with Crippen LogP contribution in [0.25, 0.3) is 0 Å². The summed E-state index contributed by atoms with van der Waals surface area (Å²) in [5.74, 6) is -2.06. The third-order valence-electron chi connectivity index (χ3n) is 4.00. The fourth-order valence-corrected chi connectivity index (χ4v) is 4.00. The van der Waals surface area contributed by atoms with Gasteiger partial charge in [-0.05, 0) is 36.2 Å². The van der Waals surface area contributed by atoms with Crippen LogP contribution in [-0.4, -0.2) is 17.0 Å². The zero-order chi connectivity index (χ0) is 18.8. The maximum absolute atomic E-state index is 14.3. The van der Waals surface area contributed by atoms with E-state index in [0.29, 0.717) is 15.7 Å². The van der Waals surface area contributed by atoms with Crippen LogP contribution in [0.15, 0.2) is 56.7 Å². The molecule has 0 atom stereocenters. The number of aryl methyl sites for hydroxylation is 1. The summed E-state index contributed by atoms with van der Waals surface area (Å²) < 4.78 is 14.9. The van der Waals surface area contributed by atoms with Crippen molar-refractivity contribution in [3.8, 4) is 0 Å². The molecule has 1 aliphatic heterocycles. The summed E-state index contributed by atoms with van der Waals surface area (Å²) in [5.41, 5.74) is 2.07. The van der Waals surface area contributed by atoms with Crippen LogP contribution >= 0.6 is 27.7 Å². The van der Waals surface area contributed by atoms with Gasteiger partial charge in [0.2, 0.25) is 0 Å². The van der Waals surface area contributed by atoms with E-state index in [1.54, 1.807) is 12.1 Å². The van der Waals surface area contributed by atoms with Crippen LogP contribution in [0.4, 0.5) is 10.1 Å². The zero-order valence-electron chi connectivity index (χ0n) is 13.8. The number of hydrogen-bond acceptors (Lipinski definition) is 3. The molecule has 1 aliphatic rings. The number of fused-ring (bicyclic) bond motifs is 1. The first-order chi connectivity index (χ1) is 12.4. The summed E-state index contributed by atoms with van der Waals surface area (Å²) in [4.78, 5) is 26.2. The molecule has 0 saturated heterocycles. The van der Waals surface area contributed by atoms with Crippen LogP contribution in [0.3, 0.4) is 0 Å². The SMILES string of the molecule is CCc1ccc2c(c1)N(Cc1ccc(Br)cc1F)C(=O)C(=CC(=O)O)S2. The minimum absolute atomic E-state index is 0.0234. The highest BCUT2D eigenvalue weighted by molar-refractivity contribution is 9.10. The minimum Gasteiger partial charge on any atom is -0.478 e. The lowest BCUT2D eigenvalue weighted by Gasteiger charge is -2.31. The highest BCUT2D eigenvalue weighted by atomic mass is 79.9. The molecule has 0 bridgehead atoms. The van der Waals surface area contributed by atoms with Gasteiger partial charge in [0.15, 0.2) is 0 Å². The molecule has 1 amide bonds. The van der Waals surface area contributed by atoms with E-state index in [-0.39, 0.29) is 11.4 Å². The number of carbonyl (C=O) groups excluding carboxylic acids is 1. The number of anilines is 1. The molecule has 7 heteroatoms. The Hall–Kier alpha value is -2.12. The number of carboxylic acid groups (broad SMARTS) is 1. The minimum atomic E-state index is -1.19. The van der Waals surface area contributed by atoms with Crippen molar-refractivity contribution >= 4 is 45.3 Å². The number of benzene rings is 2. The van der Waals surface area contributed by atoms with Crippen molar-refractivity contribution in [2.24, 2.45) is 0 Å². The monoisotopic (exact) mass is 435 g/mol. The van der Waals surface area contributed by atoms with Gasteiger partial charge in [0.25, 0.3) is 5.91 Å². The average Bonchev–Trinajstić information content (AvgIpc) is 2.59. The fraction of sp³-hybridized carbons (Fsp3) is 0.158. The van der Waals surface area contributed by atoms with Crippen molar-refractivity contribution < 1.29 is 19.1 Å². The van der Waals surface area contributed by atoms with Crippen LogP contribution in [0.2, 0.25) is 0 Å². The van der Waals surface area contributed by atoms with Gasteiger partial charge in [-0.3, -0.25) is 4.79 Å². The highest BCUT2D eigenvalue weighted by Gasteiger charge is 2.30. The Bertz CT molecular complexity index is 929. The van der Waals surface area contributed by atoms with Crippen LogP contribution in [-0.2, 0) is 22.6 Å². The molecule has 0 aliphatic carbocycles. The lowest BCUT2D eigenvalue weighted by molar-refractivity contribution is -0.131. The second kappa shape index (κ2) is 7.63. The maximum Gasteiger partial charge on any atom is 0.329 e. The molecule has 2 aromatic rings. The Kier molecular flexibility index (Phi) is 5.48. The summed E-state index contributed by atoms with van der Waals surface area (Å²) in [6.45, 7) is 2.03. The molecule has 2 aromatic carbocycles. The van der Waals surface area contributed by atoms with Gasteiger partial charge in [0, 0.05) is 21.0 Å². The number of amides is 1. The maximum atomic E-state index is 14.3. The molecular weight excluding hydrogens is 421 g/mol. The molecule has 0 spiro atoms. The summed E-state index contributed by atoms with van der Waals surface area (Å²) >= 11 is 4.34. The molecule has 134 valence electrons. The van der Waals surface area contributed by atoms with Crippen molar-refractivity contribution in [1.82, 2.24) is 0 Å². The topological polar surface area (TPSA) is 57.6 Å². The number of thioether (sulfide) groups is 1. The number of hydrogen-bond donors (Lipinski definition) is 1. The molecular formula is C19H15BrFNO3S. The Morgan fingerprint density at radius 2 is 2.08 bits per heavy atom. The molecule has 26 heavy (non-hydrogen) atoms. The first-order valence-electron chi connectivity index (χ1n) is 7.90. The van der Waals surface area contributed by atoms with Gasteiger partial charge in [-0.1, -0.05) is 46.7 Å². The van der Waals surface area contributed by atoms with E-state index >= 15 is 0 Å². The first-order valence-corrected chi connectivity index (χ1v) is 9.51. The predicted octanol–water partition coefficient (Wildman–Crippen LogP) is 4.76. The normalized spacial score (nSPS) is 15.3. The third kappa shape index (κ3) is 3.83. The Morgan fingerprint density at radius 3 is 2.73 bits per heavy atom. The molecule has 0 aromatic heterocycles. The quantitative estimate of drug-likeness (QED) is 0.703. The number of halogens is 2. The molecule has 0 fully saturated rings. The summed E-state index contributed by atoms with van der Waals surface area (Å²) in [6, 6.07) is 10.4. The Morgan fingerprint density at radius 1 is 1.31 bits per heavy atom. The molecule has 4 nitrogen and oxygen atoms in total. The van der Waals surface area contributed by atoms with Gasteiger partial charge in [-0.25, -0.2) is 9.18 Å². The average molecular weight is 436 g/mol. The van der Waals surface area contributed by atoms with Crippen LogP contribution in [0, 0.1) is 5.82 Å². The molecule has 3 rings (SSSR count). The van der Waals surface area contributed by atoms with E-state index in [1.165, 1.54) is 11.0 Å². The third-order valence-corrected chi connectivity index (χ3v) is 5.57. The predicted molar refractivity (Wildman–Crippen MR) is 103 cm³/mol. The van der Waals surface area contributed by atoms with Crippen molar-refractivity contribution in [3.05, 3.63) is 68.8 Å². The van der Waals surface area contributed by atoms with E-state index < -0.39 is 17.7 Å². The van der Waals surface area contributed by atoms with Crippen molar-refractivity contribution in [3.63, 3.8) is 0 Å². The second-order valence-corrected chi connectivity index (χ2v) is 7.73. The standard InChI is InChI=1S/C19H15BrFNO3S/c1-2-11-3-6-16-15(7-11)22(19(25)17(26-16)9-18(23)24)10-12-4-5-13(20)8-14(12)21/h3-9H,2,10H2,1H3,(H,23,24). The second-order valence-electron chi connectivity index (χ2n) is 5.73. The van der Waals surface area contributed by atoms with Gasteiger partial charge in [0.05, 0.1) is 17.1 Å². The van der Waals surface area contributed by atoms with Crippen LogP contribution in [0.5, 0.6) is 0 Å². The summed E-state index contributed by atoms with van der Waals surface area (Å²) in [7, 11) is 0. The first kappa shape index (κ1) is 18.7. The van der Waals surface area contributed by atoms with Gasteiger partial charge < -0.3 is 10.0 Å². The smallest absolute Gasteiger partial charge is 0.329 e. The van der Waals surface area contributed by atoms with Gasteiger partial charge in [-0.15, -0.1) is 0 Å². The van der Waals surface area contributed by atoms with E-state index in [2.05, 4.69) is 15.9 Å². The molecule has 0 saturated carbocycles. The molecule has 0 radical (unpaired) electrons. The van der Waals surface area contributed by atoms with E-state index in [4.69, 9.17) is 5.11 Å². The highest BCUT2D eigenvalue weighted by Crippen LogP contribution is 2.42. The fourth-order valence-electron chi connectivity index (χ4n) is 2.67. The number of rotatable bonds is 4. The number of nitrogens with zero attached hydrogens (tertiary/aromatic N) is 1. The summed E-state index contributed by atoms with van der Waals surface area (Å²) in [6.07, 6.45) is 1.69. The van der Waals surface area contributed by atoms with E-state index in [1.807, 2.05) is 25.1 Å². The molecule has 1 heterocycles. The lowest BCUT2D eigenvalue weighted by Crippen LogP contribution is -2.34. The summed E-state index contributed by atoms with van der Waals surface area (Å²) in [5, 5.41) is 9.04.